The normalized spacial score (nSPS) is 12.0. The second-order valence-electron chi connectivity index (χ2n) is 35.7. The molecule has 12 heterocycles. The molecule has 0 aliphatic rings. The van der Waals surface area contributed by atoms with Gasteiger partial charge in [-0.25, -0.2) is 29.9 Å². The monoisotopic (exact) mass is 1870 g/mol. The lowest BCUT2D eigenvalue weighted by atomic mass is 10.1. The summed E-state index contributed by atoms with van der Waals surface area (Å²) in [6.45, 7) is 0. The number of rotatable bonds is 10. The van der Waals surface area contributed by atoms with Crippen LogP contribution in [0.15, 0.2) is 453 Å². The Hall–Kier alpha value is -17.7. The predicted molar refractivity (Wildman–Crippen MR) is 595 cm³/mol. The molecule has 15 heteroatoms. The first-order chi connectivity index (χ1) is 69.9. The molecular weight excluding hydrogens is 1800 g/mol. The van der Waals surface area contributed by atoms with E-state index >= 15 is 0 Å². The number of benzene rings is 19. The minimum atomic E-state index is 0.723. The average molecular weight is 1870 g/mol. The Bertz CT molecular complexity index is 10100. The molecule has 0 N–H and O–H groups in total. The summed E-state index contributed by atoms with van der Waals surface area (Å²) in [6.07, 6.45) is 0. The lowest BCUT2D eigenvalue weighted by Gasteiger charge is -2.13. The molecule has 0 saturated heterocycles. The molecule has 31 rings (SSSR count). The number of furan rings is 1. The summed E-state index contributed by atoms with van der Waals surface area (Å²) in [5, 5.41) is 21.7. The van der Waals surface area contributed by atoms with Gasteiger partial charge in [0.15, 0.2) is 23.1 Å². The zero-order valence-electron chi connectivity index (χ0n) is 75.2. The van der Waals surface area contributed by atoms with Gasteiger partial charge in [0.2, 0.25) is 0 Å². The van der Waals surface area contributed by atoms with E-state index in [1.807, 2.05) is 29.5 Å². The Kier molecular flexibility index (Phi) is 18.6. The van der Waals surface area contributed by atoms with Gasteiger partial charge in [-0.2, -0.15) is 0 Å². The third-order valence-corrected chi connectivity index (χ3v) is 32.2. The van der Waals surface area contributed by atoms with Gasteiger partial charge in [-0.1, -0.05) is 303 Å². The summed E-state index contributed by atoms with van der Waals surface area (Å²) >= 11 is 7.06. The van der Waals surface area contributed by atoms with Crippen molar-refractivity contribution in [1.82, 2.24) is 48.2 Å². The van der Waals surface area contributed by atoms with Gasteiger partial charge in [0.1, 0.15) is 20.1 Å². The summed E-state index contributed by atoms with van der Waals surface area (Å²) in [4.78, 5) is 34.1. The number of aromatic nitrogens is 10. The van der Waals surface area contributed by atoms with E-state index in [4.69, 9.17) is 34.3 Å². The van der Waals surface area contributed by atoms with Crippen LogP contribution in [0.2, 0.25) is 0 Å². The smallest absolute Gasteiger partial charge is 0.161 e. The summed E-state index contributed by atoms with van der Waals surface area (Å²) < 4.78 is 22.4. The van der Waals surface area contributed by atoms with Crippen molar-refractivity contribution in [2.24, 2.45) is 0 Å². The Labute approximate surface area is 821 Å². The fourth-order valence-electron chi connectivity index (χ4n) is 21.6. The quantitative estimate of drug-likeness (QED) is 0.134. The first-order valence-electron chi connectivity index (χ1n) is 47.2. The number of nitrogens with zero attached hydrogens (tertiary/aromatic N) is 10. The van der Waals surface area contributed by atoms with E-state index in [9.17, 15) is 0 Å². The molecule has 0 unspecified atom stereocenters. The lowest BCUT2D eigenvalue weighted by molar-refractivity contribution is 0.671. The molecule has 19 aromatic carbocycles. The Morgan fingerprint density at radius 1 is 0.177 bits per heavy atom. The maximum absolute atomic E-state index is 6.53. The largest absolute Gasteiger partial charge is 0.454 e. The summed E-state index contributed by atoms with van der Waals surface area (Å²) in [5.74, 6) is 2.20. The molecule has 0 aliphatic carbocycles. The van der Waals surface area contributed by atoms with Gasteiger partial charge in [0.25, 0.3) is 0 Å². The highest BCUT2D eigenvalue weighted by Gasteiger charge is 2.28. The van der Waals surface area contributed by atoms with Crippen LogP contribution >= 0.6 is 45.3 Å². The average Bonchev–Trinajstić information content (AvgIpc) is 1.51. The molecule has 0 spiro atoms. The fourth-order valence-corrected chi connectivity index (χ4v) is 26.0. The van der Waals surface area contributed by atoms with Crippen LogP contribution < -0.4 is 0 Å². The predicted octanol–water partition coefficient (Wildman–Crippen LogP) is 35.2. The Morgan fingerprint density at radius 3 is 0.844 bits per heavy atom. The Balaban J connectivity index is 0.000000102. The maximum atomic E-state index is 6.53. The van der Waals surface area contributed by atoms with Crippen molar-refractivity contribution in [3.05, 3.63) is 449 Å². The lowest BCUT2D eigenvalue weighted by Crippen LogP contribution is -1.99. The molecule has 658 valence electrons. The van der Waals surface area contributed by atoms with Crippen molar-refractivity contribution in [2.75, 3.05) is 0 Å². The number of hydrogen-bond donors (Lipinski definition) is 0. The topological polar surface area (TPSA) is 110 Å². The minimum Gasteiger partial charge on any atom is -0.454 e. The second kappa shape index (κ2) is 32.5. The third kappa shape index (κ3) is 12.9. The molecule has 0 saturated carbocycles. The minimum absolute atomic E-state index is 0.723. The van der Waals surface area contributed by atoms with Gasteiger partial charge in [0.05, 0.1) is 65.9 Å². The molecule has 0 fully saturated rings. The van der Waals surface area contributed by atoms with Crippen LogP contribution in [-0.4, -0.2) is 48.2 Å². The number of hydrogen-bond acceptors (Lipinski definition) is 11. The van der Waals surface area contributed by atoms with Crippen LogP contribution in [0, 0.1) is 0 Å². The third-order valence-electron chi connectivity index (χ3n) is 27.9. The van der Waals surface area contributed by atoms with Crippen molar-refractivity contribution < 1.29 is 4.42 Å². The number of fused-ring (bicyclic) bond motifs is 30. The van der Waals surface area contributed by atoms with Gasteiger partial charge in [-0.15, -0.1) is 45.3 Å². The van der Waals surface area contributed by atoms with E-state index in [1.54, 1.807) is 34.0 Å². The number of para-hydroxylation sites is 6. The molecule has 0 bridgehead atoms. The highest BCUT2D eigenvalue weighted by Crippen LogP contribution is 2.50. The van der Waals surface area contributed by atoms with Gasteiger partial charge < -0.3 is 22.7 Å². The van der Waals surface area contributed by atoms with E-state index in [0.717, 1.165) is 154 Å². The van der Waals surface area contributed by atoms with Crippen molar-refractivity contribution in [3.8, 4) is 90.7 Å². The highest BCUT2D eigenvalue weighted by molar-refractivity contribution is 7.27. The summed E-state index contributed by atoms with van der Waals surface area (Å²) in [7, 11) is 0. The van der Waals surface area contributed by atoms with Crippen LogP contribution in [0.3, 0.4) is 0 Å². The van der Waals surface area contributed by atoms with Crippen LogP contribution in [-0.2, 0) is 0 Å². The fraction of sp³-hybridized carbons (Fsp3) is 0. The van der Waals surface area contributed by atoms with E-state index in [1.165, 1.54) is 127 Å². The van der Waals surface area contributed by atoms with Gasteiger partial charge >= 0.3 is 0 Å². The van der Waals surface area contributed by atoms with Crippen LogP contribution in [0.5, 0.6) is 0 Å². The van der Waals surface area contributed by atoms with E-state index < -0.39 is 0 Å². The molecule has 0 amide bonds. The van der Waals surface area contributed by atoms with Crippen LogP contribution in [0.4, 0.5) is 0 Å². The number of thiophene rings is 4. The van der Waals surface area contributed by atoms with Gasteiger partial charge in [-0.3, -0.25) is 0 Å². The summed E-state index contributed by atoms with van der Waals surface area (Å²) in [6, 6.07) is 159. The molecule has 31 aromatic rings. The van der Waals surface area contributed by atoms with Crippen LogP contribution in [0.25, 0.3) is 281 Å². The SMILES string of the molecule is c1ccc(-c2nc(-c3ccc(-n4c5ccccc5c5ccc6c7ccccc7n(-c7ccccc7)c6c54)cc3)nc3sc4ccccc4c23)cc1.c1ccc(-c2nc(-c3ccc(-n4c5ccccc5c5ccc6c7ccccc7oc6c54)cc3)nc3sc4ccccc4c23)cc1.c1ccc(-c2nc(-c3ccc(-n4c5ccccc5c5ccc6c7ccccc7sc6c54)cc3)nc3sc4ccccc4c23)cc1. The molecule has 11 nitrogen and oxygen atoms in total. The summed E-state index contributed by atoms with van der Waals surface area (Å²) in [5.41, 5.74) is 24.8. The highest BCUT2D eigenvalue weighted by atomic mass is 32.1. The standard InChI is InChI=1S/C46H28N4S.C40H23N3OS.C40H23N3S2/c1-3-13-29(14-4-1)42-41-37-19-9-12-22-40(37)51-46(41)48-45(47-42)30-23-25-32(26-24-30)50-39-21-11-8-18-34(39)36-28-27-35-33-17-7-10-20-38(33)49(43(35)44(36)50)31-15-5-2-6-16-31;2*1-2-10-24(11-3-1)36-35-31-14-6-9-17-34(31)45-40(35)42-39(41-36)25-18-20-26(21-19-25)43-32-15-7-4-12-27(32)29-22-23-30-28-13-5-8-16-33(28)44-38(30)37(29)43/h1-28H;2*1-23H. The maximum Gasteiger partial charge on any atom is 0.161 e. The molecule has 0 aliphatic heterocycles. The zero-order valence-corrected chi connectivity index (χ0v) is 78.5. The van der Waals surface area contributed by atoms with Crippen molar-refractivity contribution in [2.45, 2.75) is 0 Å². The molecule has 0 radical (unpaired) electrons. The Morgan fingerprint density at radius 2 is 0.454 bits per heavy atom. The zero-order chi connectivity index (χ0) is 92.4. The van der Waals surface area contributed by atoms with Crippen molar-refractivity contribution in [1.29, 1.82) is 0 Å². The van der Waals surface area contributed by atoms with E-state index in [0.29, 0.717) is 0 Å². The van der Waals surface area contributed by atoms with Gasteiger partial charge in [0, 0.05) is 172 Å². The van der Waals surface area contributed by atoms with E-state index in [-0.39, 0.29) is 0 Å². The van der Waals surface area contributed by atoms with Crippen molar-refractivity contribution in [3.63, 3.8) is 0 Å². The molecular formula is C126H74N10OS4. The molecule has 141 heavy (non-hydrogen) atoms. The van der Waals surface area contributed by atoms with Crippen molar-refractivity contribution >= 4 is 236 Å². The van der Waals surface area contributed by atoms with Crippen LogP contribution in [0.1, 0.15) is 0 Å². The van der Waals surface area contributed by atoms with Gasteiger partial charge in [-0.05, 0) is 146 Å². The molecule has 0 atom stereocenters. The first-order valence-corrected chi connectivity index (χ1v) is 50.5. The van der Waals surface area contributed by atoms with E-state index in [2.05, 4.69) is 449 Å². The molecule has 12 aromatic heterocycles. The first kappa shape index (κ1) is 80.6. The second-order valence-corrected chi connectivity index (χ2v) is 39.9.